The fourth-order valence-electron chi connectivity index (χ4n) is 2.45. The molecule has 2 atom stereocenters. The molecule has 0 radical (unpaired) electrons. The molecule has 0 saturated carbocycles. The number of nitriles is 1. The smallest absolute Gasteiger partial charge is 0.358 e. The van der Waals surface area contributed by atoms with E-state index >= 15 is 0 Å². The van der Waals surface area contributed by atoms with Gasteiger partial charge in [0.05, 0.1) is 12.3 Å². The van der Waals surface area contributed by atoms with Crippen LogP contribution < -0.4 is 0 Å². The van der Waals surface area contributed by atoms with Gasteiger partial charge in [0.1, 0.15) is 24.2 Å². The minimum atomic E-state index is -0.449. The summed E-state index contributed by atoms with van der Waals surface area (Å²) in [5.74, 6) is -0.449. The molecular formula is C15H15N5O3. The Bertz CT molecular complexity index is 752. The van der Waals surface area contributed by atoms with E-state index in [1.165, 1.54) is 6.33 Å². The number of ether oxygens (including phenoxy) is 2. The maximum Gasteiger partial charge on any atom is 0.358 e. The van der Waals surface area contributed by atoms with Gasteiger partial charge in [-0.2, -0.15) is 10.4 Å². The van der Waals surface area contributed by atoms with Gasteiger partial charge in [0.15, 0.2) is 11.9 Å². The van der Waals surface area contributed by atoms with Crippen LogP contribution in [0.5, 0.6) is 0 Å². The second-order valence-electron chi connectivity index (χ2n) is 5.00. The number of carbonyl (C=O) groups is 1. The summed E-state index contributed by atoms with van der Waals surface area (Å²) in [6, 6.07) is 5.22. The van der Waals surface area contributed by atoms with E-state index in [0.29, 0.717) is 18.0 Å². The molecule has 1 aliphatic heterocycles. The molecule has 118 valence electrons. The van der Waals surface area contributed by atoms with Crippen LogP contribution in [-0.4, -0.2) is 32.3 Å². The number of rotatable bonds is 4. The molecule has 3 rings (SSSR count). The van der Waals surface area contributed by atoms with Crippen molar-refractivity contribution < 1.29 is 14.3 Å². The van der Waals surface area contributed by atoms with Crippen LogP contribution in [0.2, 0.25) is 0 Å². The average Bonchev–Trinajstić information content (AvgIpc) is 3.24. The summed E-state index contributed by atoms with van der Waals surface area (Å²) in [6.07, 6.45) is 4.05. The van der Waals surface area contributed by atoms with Gasteiger partial charge in [0.25, 0.3) is 0 Å². The Balaban J connectivity index is 1.70. The lowest BCUT2D eigenvalue weighted by Gasteiger charge is -2.13. The SMILES string of the molecule is CCOC(=O)c1ccn(C2CCC(c3cc(C#N)ncn3)O2)n1. The third-order valence-corrected chi connectivity index (χ3v) is 3.52. The predicted octanol–water partition coefficient (Wildman–Crippen LogP) is 1.77. The summed E-state index contributed by atoms with van der Waals surface area (Å²) in [5.41, 5.74) is 1.25. The van der Waals surface area contributed by atoms with Crippen LogP contribution in [0.15, 0.2) is 24.7 Å². The Morgan fingerprint density at radius 1 is 1.52 bits per heavy atom. The molecule has 1 saturated heterocycles. The maximum atomic E-state index is 11.6. The van der Waals surface area contributed by atoms with Crippen LogP contribution in [-0.2, 0) is 9.47 Å². The minimum Gasteiger partial charge on any atom is -0.461 e. The van der Waals surface area contributed by atoms with Gasteiger partial charge >= 0.3 is 5.97 Å². The quantitative estimate of drug-likeness (QED) is 0.792. The first-order chi connectivity index (χ1) is 11.2. The standard InChI is InChI=1S/C15H15N5O3/c1-2-22-15(21)11-5-6-20(19-11)14-4-3-13(23-14)12-7-10(8-16)17-9-18-12/h5-7,9,13-14H,2-4H2,1H3. The number of esters is 1. The van der Waals surface area contributed by atoms with E-state index in [0.717, 1.165) is 12.8 Å². The van der Waals surface area contributed by atoms with E-state index in [9.17, 15) is 4.79 Å². The van der Waals surface area contributed by atoms with Crippen LogP contribution in [0.25, 0.3) is 0 Å². The van der Waals surface area contributed by atoms with E-state index in [1.54, 1.807) is 29.9 Å². The molecule has 0 amide bonds. The molecule has 0 bridgehead atoms. The first-order valence-corrected chi connectivity index (χ1v) is 7.31. The third-order valence-electron chi connectivity index (χ3n) is 3.52. The van der Waals surface area contributed by atoms with Crippen LogP contribution in [0.4, 0.5) is 0 Å². The zero-order valence-corrected chi connectivity index (χ0v) is 12.5. The zero-order chi connectivity index (χ0) is 16.2. The summed E-state index contributed by atoms with van der Waals surface area (Å²) in [6.45, 7) is 2.05. The van der Waals surface area contributed by atoms with E-state index in [4.69, 9.17) is 14.7 Å². The van der Waals surface area contributed by atoms with E-state index < -0.39 is 5.97 Å². The molecule has 0 N–H and O–H groups in total. The normalized spacial score (nSPS) is 20.2. The van der Waals surface area contributed by atoms with Crippen LogP contribution in [0.3, 0.4) is 0 Å². The Labute approximate surface area is 132 Å². The molecule has 1 aliphatic rings. The van der Waals surface area contributed by atoms with Crippen molar-refractivity contribution in [3.63, 3.8) is 0 Å². The number of aromatic nitrogens is 4. The van der Waals surface area contributed by atoms with Crippen LogP contribution in [0.1, 0.15) is 54.0 Å². The molecule has 2 aromatic heterocycles. The molecule has 23 heavy (non-hydrogen) atoms. The fourth-order valence-corrected chi connectivity index (χ4v) is 2.45. The summed E-state index contributed by atoms with van der Waals surface area (Å²) in [5, 5.41) is 13.1. The zero-order valence-electron chi connectivity index (χ0n) is 12.5. The molecule has 2 unspecified atom stereocenters. The Morgan fingerprint density at radius 2 is 2.39 bits per heavy atom. The largest absolute Gasteiger partial charge is 0.461 e. The van der Waals surface area contributed by atoms with Gasteiger partial charge in [0.2, 0.25) is 0 Å². The van der Waals surface area contributed by atoms with Crippen molar-refractivity contribution in [3.05, 3.63) is 41.7 Å². The van der Waals surface area contributed by atoms with Crippen molar-refractivity contribution in [1.29, 1.82) is 5.26 Å². The number of hydrogen-bond donors (Lipinski definition) is 0. The van der Waals surface area contributed by atoms with E-state index in [1.807, 2.05) is 6.07 Å². The minimum absolute atomic E-state index is 0.217. The lowest BCUT2D eigenvalue weighted by molar-refractivity contribution is -0.00851. The highest BCUT2D eigenvalue weighted by Gasteiger charge is 2.30. The van der Waals surface area contributed by atoms with Crippen molar-refractivity contribution in [1.82, 2.24) is 19.7 Å². The summed E-state index contributed by atoms with van der Waals surface area (Å²) in [7, 11) is 0. The van der Waals surface area contributed by atoms with E-state index in [2.05, 4.69) is 15.1 Å². The van der Waals surface area contributed by atoms with Crippen molar-refractivity contribution in [2.75, 3.05) is 6.61 Å². The molecule has 8 nitrogen and oxygen atoms in total. The monoisotopic (exact) mass is 313 g/mol. The lowest BCUT2D eigenvalue weighted by atomic mass is 10.1. The third kappa shape index (κ3) is 3.19. The van der Waals surface area contributed by atoms with Crippen molar-refractivity contribution in [2.45, 2.75) is 32.1 Å². The van der Waals surface area contributed by atoms with Gasteiger partial charge in [-0.05, 0) is 31.9 Å². The van der Waals surface area contributed by atoms with Crippen LogP contribution >= 0.6 is 0 Å². The molecular weight excluding hydrogens is 298 g/mol. The fraction of sp³-hybridized carbons (Fsp3) is 0.400. The Kier molecular flexibility index (Phi) is 4.30. The van der Waals surface area contributed by atoms with Gasteiger partial charge in [-0.3, -0.25) is 0 Å². The predicted molar refractivity (Wildman–Crippen MR) is 77.0 cm³/mol. The Hall–Kier alpha value is -2.79. The summed E-state index contributed by atoms with van der Waals surface area (Å²) in [4.78, 5) is 19.7. The molecule has 1 fully saturated rings. The average molecular weight is 313 g/mol. The topological polar surface area (TPSA) is 103 Å². The second kappa shape index (κ2) is 6.54. The molecule has 0 spiro atoms. The molecule has 2 aromatic rings. The molecule has 3 heterocycles. The summed E-state index contributed by atoms with van der Waals surface area (Å²) < 4.78 is 12.5. The highest BCUT2D eigenvalue weighted by Crippen LogP contribution is 2.36. The van der Waals surface area contributed by atoms with Crippen LogP contribution in [0, 0.1) is 11.3 Å². The van der Waals surface area contributed by atoms with Crippen molar-refractivity contribution in [3.8, 4) is 6.07 Å². The van der Waals surface area contributed by atoms with Crippen molar-refractivity contribution >= 4 is 5.97 Å². The first-order valence-electron chi connectivity index (χ1n) is 7.31. The van der Waals surface area contributed by atoms with Gasteiger partial charge in [-0.15, -0.1) is 0 Å². The van der Waals surface area contributed by atoms with Gasteiger partial charge in [0, 0.05) is 6.20 Å². The number of hydrogen-bond acceptors (Lipinski definition) is 7. The molecule has 8 heteroatoms. The maximum absolute atomic E-state index is 11.6. The number of carbonyl (C=O) groups excluding carboxylic acids is 1. The number of nitrogens with zero attached hydrogens (tertiary/aromatic N) is 5. The van der Waals surface area contributed by atoms with Gasteiger partial charge < -0.3 is 9.47 Å². The summed E-state index contributed by atoms with van der Waals surface area (Å²) >= 11 is 0. The Morgan fingerprint density at radius 3 is 3.17 bits per heavy atom. The molecule has 0 aromatic carbocycles. The molecule has 0 aliphatic carbocycles. The lowest BCUT2D eigenvalue weighted by Crippen LogP contribution is -2.12. The highest BCUT2D eigenvalue weighted by atomic mass is 16.5. The highest BCUT2D eigenvalue weighted by molar-refractivity contribution is 5.86. The second-order valence-corrected chi connectivity index (χ2v) is 5.00. The van der Waals surface area contributed by atoms with Gasteiger partial charge in [-0.25, -0.2) is 19.4 Å². The van der Waals surface area contributed by atoms with Gasteiger partial charge in [-0.1, -0.05) is 0 Å². The van der Waals surface area contributed by atoms with Crippen molar-refractivity contribution in [2.24, 2.45) is 0 Å². The van der Waals surface area contributed by atoms with E-state index in [-0.39, 0.29) is 18.0 Å². The first kappa shape index (κ1) is 15.1.